The van der Waals surface area contributed by atoms with Crippen LogP contribution < -0.4 is 10.6 Å². The molecule has 1 aromatic carbocycles. The molecule has 0 unspecified atom stereocenters. The van der Waals surface area contributed by atoms with Crippen molar-refractivity contribution in [1.29, 1.82) is 0 Å². The zero-order chi connectivity index (χ0) is 14.1. The van der Waals surface area contributed by atoms with Crippen LogP contribution in [-0.4, -0.2) is 25.6 Å². The van der Waals surface area contributed by atoms with Crippen LogP contribution in [0.4, 0.5) is 8.78 Å². The lowest BCUT2D eigenvalue weighted by molar-refractivity contribution is 0.499. The van der Waals surface area contributed by atoms with E-state index in [0.29, 0.717) is 37.6 Å². The fourth-order valence-corrected chi connectivity index (χ4v) is 1.51. The van der Waals surface area contributed by atoms with E-state index < -0.39 is 11.6 Å². The highest BCUT2D eigenvalue weighted by atomic mass is 127. The number of hydrogen-bond donors (Lipinski definition) is 2. The van der Waals surface area contributed by atoms with Crippen molar-refractivity contribution in [2.75, 3.05) is 19.6 Å². The first-order chi connectivity index (χ1) is 9.19. The Kier molecular flexibility index (Phi) is 9.72. The normalized spacial score (nSPS) is 10.4. The quantitative estimate of drug-likeness (QED) is 0.349. The van der Waals surface area contributed by atoms with E-state index in [-0.39, 0.29) is 24.0 Å². The van der Waals surface area contributed by atoms with Crippen LogP contribution in [0.15, 0.2) is 23.2 Å². The maximum Gasteiger partial charge on any atom is 0.192 e. The molecule has 6 heteroatoms. The third kappa shape index (κ3) is 6.19. The van der Waals surface area contributed by atoms with Gasteiger partial charge in [-0.3, -0.25) is 4.99 Å². The molecule has 0 atom stereocenters. The number of aliphatic imine (C=N–C) groups is 1. The first-order valence-electron chi connectivity index (χ1n) is 6.07. The number of rotatable bonds is 5. The lowest BCUT2D eigenvalue weighted by Gasteiger charge is -2.08. The summed E-state index contributed by atoms with van der Waals surface area (Å²) >= 11 is 0. The molecule has 0 bridgehead atoms. The summed E-state index contributed by atoms with van der Waals surface area (Å²) in [6.45, 7) is 3.34. The van der Waals surface area contributed by atoms with Gasteiger partial charge in [0, 0.05) is 13.1 Å². The summed E-state index contributed by atoms with van der Waals surface area (Å²) in [5, 5.41) is 5.92. The molecule has 0 heterocycles. The Labute approximate surface area is 135 Å². The van der Waals surface area contributed by atoms with E-state index in [1.165, 1.54) is 6.07 Å². The van der Waals surface area contributed by atoms with Crippen LogP contribution in [0.2, 0.25) is 0 Å². The molecule has 0 aliphatic carbocycles. The Morgan fingerprint density at radius 3 is 2.75 bits per heavy atom. The molecule has 0 radical (unpaired) electrons. The molecule has 0 saturated carbocycles. The van der Waals surface area contributed by atoms with Crippen molar-refractivity contribution in [2.24, 2.45) is 4.99 Å². The van der Waals surface area contributed by atoms with Gasteiger partial charge in [-0.15, -0.1) is 30.4 Å². The minimum Gasteiger partial charge on any atom is -0.357 e. The maximum atomic E-state index is 13.4. The number of terminal acetylenes is 1. The van der Waals surface area contributed by atoms with Crippen LogP contribution in [0.1, 0.15) is 12.5 Å². The Balaban J connectivity index is 0.00000361. The monoisotopic (exact) mass is 393 g/mol. The topological polar surface area (TPSA) is 36.4 Å². The summed E-state index contributed by atoms with van der Waals surface area (Å²) in [5.41, 5.74) is 0.316. The summed E-state index contributed by atoms with van der Waals surface area (Å²) in [7, 11) is 0. The van der Waals surface area contributed by atoms with E-state index in [9.17, 15) is 8.78 Å². The Morgan fingerprint density at radius 2 is 2.10 bits per heavy atom. The second-order valence-corrected chi connectivity index (χ2v) is 3.78. The molecular weight excluding hydrogens is 375 g/mol. The van der Waals surface area contributed by atoms with Crippen LogP contribution in [0.3, 0.4) is 0 Å². The van der Waals surface area contributed by atoms with Crippen LogP contribution in [0.25, 0.3) is 0 Å². The first kappa shape index (κ1) is 18.6. The van der Waals surface area contributed by atoms with Gasteiger partial charge in [0.1, 0.15) is 0 Å². The minimum atomic E-state index is -0.834. The largest absolute Gasteiger partial charge is 0.357 e. The standard InChI is InChI=1S/C14H17F2N3.HI/c1-3-9-18-14(17-4-2)19-10-8-11-6-5-7-12(15)13(11)16;/h1,5-7H,4,8-10H2,2H3,(H2,17,18,19);1H. The summed E-state index contributed by atoms with van der Waals surface area (Å²) in [4.78, 5) is 4.23. The van der Waals surface area contributed by atoms with Crippen molar-refractivity contribution in [3.8, 4) is 12.3 Å². The number of nitrogens with one attached hydrogen (secondary N) is 2. The first-order valence-corrected chi connectivity index (χ1v) is 6.07. The van der Waals surface area contributed by atoms with Crippen molar-refractivity contribution in [2.45, 2.75) is 13.3 Å². The highest BCUT2D eigenvalue weighted by Crippen LogP contribution is 2.11. The van der Waals surface area contributed by atoms with Crippen molar-refractivity contribution in [3.05, 3.63) is 35.4 Å². The molecule has 0 aliphatic heterocycles. The van der Waals surface area contributed by atoms with E-state index in [2.05, 4.69) is 21.5 Å². The van der Waals surface area contributed by atoms with Crippen LogP contribution in [0.5, 0.6) is 0 Å². The van der Waals surface area contributed by atoms with Gasteiger partial charge in [0.2, 0.25) is 0 Å². The molecule has 20 heavy (non-hydrogen) atoms. The lowest BCUT2D eigenvalue weighted by atomic mass is 10.1. The van der Waals surface area contributed by atoms with Crippen LogP contribution in [-0.2, 0) is 6.42 Å². The zero-order valence-corrected chi connectivity index (χ0v) is 13.6. The fraction of sp³-hybridized carbons (Fsp3) is 0.357. The molecule has 0 aromatic heterocycles. The smallest absolute Gasteiger partial charge is 0.192 e. The minimum absolute atomic E-state index is 0. The molecule has 0 spiro atoms. The highest BCUT2D eigenvalue weighted by molar-refractivity contribution is 14.0. The van der Waals surface area contributed by atoms with Gasteiger partial charge in [-0.1, -0.05) is 18.1 Å². The predicted molar refractivity (Wildman–Crippen MR) is 88.3 cm³/mol. The van der Waals surface area contributed by atoms with E-state index in [4.69, 9.17) is 6.42 Å². The Hall–Kier alpha value is -1.36. The van der Waals surface area contributed by atoms with Gasteiger partial charge in [0.25, 0.3) is 0 Å². The average molecular weight is 393 g/mol. The van der Waals surface area contributed by atoms with Gasteiger partial charge >= 0.3 is 0 Å². The summed E-state index contributed by atoms with van der Waals surface area (Å²) in [6.07, 6.45) is 5.47. The van der Waals surface area contributed by atoms with Crippen LogP contribution in [0, 0.1) is 24.0 Å². The van der Waals surface area contributed by atoms with E-state index in [0.717, 1.165) is 6.07 Å². The third-order valence-electron chi connectivity index (χ3n) is 2.38. The second-order valence-electron chi connectivity index (χ2n) is 3.78. The molecule has 1 rings (SSSR count). The van der Waals surface area contributed by atoms with Gasteiger partial charge in [-0.25, -0.2) is 8.78 Å². The summed E-state index contributed by atoms with van der Waals surface area (Å²) < 4.78 is 26.4. The van der Waals surface area contributed by atoms with Crippen molar-refractivity contribution < 1.29 is 8.78 Å². The van der Waals surface area contributed by atoms with E-state index in [1.54, 1.807) is 6.07 Å². The second kappa shape index (κ2) is 10.4. The zero-order valence-electron chi connectivity index (χ0n) is 11.2. The number of halogens is 3. The number of guanidine groups is 1. The molecule has 0 amide bonds. The van der Waals surface area contributed by atoms with Gasteiger partial charge in [0.05, 0.1) is 6.54 Å². The molecule has 0 saturated heterocycles. The Morgan fingerprint density at radius 1 is 1.35 bits per heavy atom. The van der Waals surface area contributed by atoms with Gasteiger partial charge in [0.15, 0.2) is 17.6 Å². The summed E-state index contributed by atoms with van der Waals surface area (Å²) in [6, 6.07) is 4.13. The molecular formula is C14H18F2IN3. The summed E-state index contributed by atoms with van der Waals surface area (Å²) in [5.74, 6) is 1.37. The fourth-order valence-electron chi connectivity index (χ4n) is 1.51. The van der Waals surface area contributed by atoms with Crippen LogP contribution >= 0.6 is 24.0 Å². The SMILES string of the molecule is C#CCNC(=NCCc1cccc(F)c1F)NCC.I. The molecule has 0 fully saturated rings. The number of nitrogens with zero attached hydrogens (tertiary/aromatic N) is 1. The maximum absolute atomic E-state index is 13.4. The highest BCUT2D eigenvalue weighted by Gasteiger charge is 2.06. The molecule has 2 N–H and O–H groups in total. The Bertz CT molecular complexity index is 484. The lowest BCUT2D eigenvalue weighted by Crippen LogP contribution is -2.37. The van der Waals surface area contributed by atoms with Gasteiger partial charge < -0.3 is 10.6 Å². The van der Waals surface area contributed by atoms with Gasteiger partial charge in [-0.05, 0) is 25.0 Å². The number of hydrogen-bond acceptors (Lipinski definition) is 1. The predicted octanol–water partition coefficient (Wildman–Crippen LogP) is 2.31. The van der Waals surface area contributed by atoms with Crippen molar-refractivity contribution in [1.82, 2.24) is 10.6 Å². The van der Waals surface area contributed by atoms with Gasteiger partial charge in [-0.2, -0.15) is 0 Å². The van der Waals surface area contributed by atoms with E-state index in [1.807, 2.05) is 6.92 Å². The third-order valence-corrected chi connectivity index (χ3v) is 2.38. The molecule has 3 nitrogen and oxygen atoms in total. The molecule has 110 valence electrons. The average Bonchev–Trinajstić information content (AvgIpc) is 2.40. The molecule has 1 aromatic rings. The van der Waals surface area contributed by atoms with Crippen molar-refractivity contribution >= 4 is 29.9 Å². The number of benzene rings is 1. The van der Waals surface area contributed by atoms with Crippen molar-refractivity contribution in [3.63, 3.8) is 0 Å². The molecule has 0 aliphatic rings. The van der Waals surface area contributed by atoms with E-state index >= 15 is 0 Å².